The molecule has 0 spiro atoms. The summed E-state index contributed by atoms with van der Waals surface area (Å²) in [7, 11) is -1.05. The Morgan fingerprint density at radius 2 is 1.88 bits per heavy atom. The highest BCUT2D eigenvalue weighted by Crippen LogP contribution is 2.56. The van der Waals surface area contributed by atoms with Crippen LogP contribution in [0.15, 0.2) is 17.3 Å². The lowest BCUT2D eigenvalue weighted by Crippen LogP contribution is -2.48. The highest BCUT2D eigenvalue weighted by molar-refractivity contribution is 7.86. The number of rotatable bonds is 5. The summed E-state index contributed by atoms with van der Waals surface area (Å²) in [6, 6.07) is 0. The van der Waals surface area contributed by atoms with Crippen LogP contribution in [0.1, 0.15) is 61.9 Å². The van der Waals surface area contributed by atoms with Crippen molar-refractivity contribution >= 4 is 34.2 Å². The van der Waals surface area contributed by atoms with Gasteiger partial charge in [-0.2, -0.15) is 4.98 Å². The predicted molar refractivity (Wildman–Crippen MR) is 125 cm³/mol. The summed E-state index contributed by atoms with van der Waals surface area (Å²) >= 11 is 5.95. The van der Waals surface area contributed by atoms with Crippen LogP contribution in [0.2, 0.25) is 5.02 Å². The fourth-order valence-electron chi connectivity index (χ4n) is 6.36. The molecule has 0 amide bonds. The smallest absolute Gasteiger partial charge is 0.227 e. The van der Waals surface area contributed by atoms with Gasteiger partial charge in [-0.1, -0.05) is 11.6 Å². The molecule has 1 saturated heterocycles. The van der Waals surface area contributed by atoms with E-state index in [-0.39, 0.29) is 17.4 Å². The Bertz CT molecular complexity index is 1120. The minimum atomic E-state index is -1.05. The number of nitrogens with zero attached hydrogens (tertiary/aromatic N) is 5. The summed E-state index contributed by atoms with van der Waals surface area (Å²) in [5, 5.41) is 14.3. The number of aromatic nitrogens is 4. The Balaban J connectivity index is 1.14. The van der Waals surface area contributed by atoms with Gasteiger partial charge in [0.2, 0.25) is 5.95 Å². The third kappa shape index (κ3) is 3.22. The molecule has 8 nitrogen and oxygen atoms in total. The monoisotopic (exact) mass is 486 g/mol. The van der Waals surface area contributed by atoms with Crippen LogP contribution in [-0.4, -0.2) is 59.7 Å². The van der Waals surface area contributed by atoms with E-state index in [1.165, 1.54) is 0 Å². The van der Waals surface area contributed by atoms with Crippen molar-refractivity contribution in [2.45, 2.75) is 66.0 Å². The molecule has 10 heteroatoms. The van der Waals surface area contributed by atoms with Crippen molar-refractivity contribution in [2.24, 2.45) is 11.8 Å². The molecule has 3 saturated carbocycles. The first kappa shape index (κ1) is 20.5. The Kier molecular flexibility index (Phi) is 4.56. The first-order valence-corrected chi connectivity index (χ1v) is 13.6. The van der Waals surface area contributed by atoms with Gasteiger partial charge in [-0.15, -0.1) is 0 Å². The van der Waals surface area contributed by atoms with Crippen molar-refractivity contribution < 1.29 is 9.32 Å². The maximum absolute atomic E-state index is 13.0. The van der Waals surface area contributed by atoms with Gasteiger partial charge in [0.15, 0.2) is 0 Å². The largest absolute Gasteiger partial charge is 0.394 e. The number of hydrogen-bond acceptors (Lipinski definition) is 8. The van der Waals surface area contributed by atoms with E-state index >= 15 is 0 Å². The first-order chi connectivity index (χ1) is 16.0. The lowest BCUT2D eigenvalue weighted by molar-refractivity contribution is 0.143. The van der Waals surface area contributed by atoms with Gasteiger partial charge in [-0.05, 0) is 50.4 Å². The van der Waals surface area contributed by atoms with Gasteiger partial charge < -0.3 is 15.3 Å². The zero-order chi connectivity index (χ0) is 22.3. The molecular weight excluding hydrogens is 460 g/mol. The summed E-state index contributed by atoms with van der Waals surface area (Å²) in [5.41, 5.74) is 0.645. The quantitative estimate of drug-likeness (QED) is 0.664. The van der Waals surface area contributed by atoms with E-state index in [0.717, 1.165) is 74.0 Å². The number of nitrogens with one attached hydrogen (secondary N) is 1. The third-order valence-corrected chi connectivity index (χ3v) is 10.5. The van der Waals surface area contributed by atoms with Crippen LogP contribution in [0.4, 0.5) is 11.8 Å². The van der Waals surface area contributed by atoms with E-state index in [1.54, 1.807) is 12.4 Å². The predicted octanol–water partition coefficient (Wildman–Crippen LogP) is 2.85. The van der Waals surface area contributed by atoms with E-state index < -0.39 is 10.8 Å². The van der Waals surface area contributed by atoms with Crippen molar-refractivity contribution in [3.05, 3.63) is 28.9 Å². The van der Waals surface area contributed by atoms with Crippen LogP contribution in [-0.2, 0) is 10.8 Å². The second-order valence-electron chi connectivity index (χ2n) is 10.5. The Hall–Kier alpha value is -1.84. The molecule has 3 aliphatic carbocycles. The summed E-state index contributed by atoms with van der Waals surface area (Å²) in [4.78, 5) is 21.9. The molecule has 0 aromatic carbocycles. The Morgan fingerprint density at radius 1 is 1.15 bits per heavy atom. The number of aliphatic hydroxyl groups excluding tert-OH is 1. The van der Waals surface area contributed by atoms with Crippen molar-refractivity contribution in [1.29, 1.82) is 0 Å². The van der Waals surface area contributed by atoms with Gasteiger partial charge >= 0.3 is 0 Å². The number of anilines is 2. The van der Waals surface area contributed by atoms with Gasteiger partial charge in [0.05, 0.1) is 33.7 Å². The van der Waals surface area contributed by atoms with Crippen LogP contribution in [0.5, 0.6) is 0 Å². The van der Waals surface area contributed by atoms with Gasteiger partial charge in [0.25, 0.3) is 0 Å². The topological polar surface area (TPSA) is 104 Å². The zero-order valence-electron chi connectivity index (χ0n) is 18.3. The van der Waals surface area contributed by atoms with Crippen LogP contribution in [0.25, 0.3) is 0 Å². The number of aliphatic hydroxyl groups is 1. The summed E-state index contributed by atoms with van der Waals surface area (Å²) in [6.07, 6.45) is 9.41. The summed E-state index contributed by atoms with van der Waals surface area (Å²) < 4.78 is 13.0. The molecule has 33 heavy (non-hydrogen) atoms. The Morgan fingerprint density at radius 3 is 2.52 bits per heavy atom. The molecule has 2 aromatic rings. The second-order valence-corrected chi connectivity index (χ2v) is 12.6. The normalized spacial score (nSPS) is 35.0. The second kappa shape index (κ2) is 7.33. The molecule has 7 rings (SSSR count). The van der Waals surface area contributed by atoms with Crippen molar-refractivity contribution in [1.82, 2.24) is 19.9 Å². The van der Waals surface area contributed by atoms with Crippen LogP contribution in [0.3, 0.4) is 0 Å². The molecule has 174 valence electrons. The average Bonchev–Trinajstić information content (AvgIpc) is 3.22. The van der Waals surface area contributed by atoms with Gasteiger partial charge in [-0.3, -0.25) is 4.21 Å². The lowest BCUT2D eigenvalue weighted by Gasteiger charge is -2.41. The summed E-state index contributed by atoms with van der Waals surface area (Å²) in [6.45, 7) is 1.92. The Labute approximate surface area is 200 Å². The van der Waals surface area contributed by atoms with Crippen molar-refractivity contribution in [3.63, 3.8) is 0 Å². The number of halogens is 1. The molecule has 2 aliphatic heterocycles. The molecular formula is C23H27ClN6O2S. The lowest BCUT2D eigenvalue weighted by atomic mass is 9.77. The first-order valence-electron chi connectivity index (χ1n) is 12.0. The SMILES string of the molecule is O=S1c2c(NC3(CO)CCC3)nc(N3CC4CC(c5ncc(Cl)cn5)CC4C3)nc2C2CC21. The number of hydrogen-bond donors (Lipinski definition) is 2. The van der Waals surface area contributed by atoms with Crippen LogP contribution >= 0.6 is 11.6 Å². The highest BCUT2D eigenvalue weighted by atomic mass is 35.5. The molecule has 0 bridgehead atoms. The van der Waals surface area contributed by atoms with Gasteiger partial charge in [0.1, 0.15) is 16.5 Å². The highest BCUT2D eigenvalue weighted by Gasteiger charge is 2.55. The van der Waals surface area contributed by atoms with Crippen LogP contribution in [0, 0.1) is 11.8 Å². The molecule has 5 unspecified atom stereocenters. The minimum Gasteiger partial charge on any atom is -0.394 e. The summed E-state index contributed by atoms with van der Waals surface area (Å²) in [5.74, 6) is 4.18. The van der Waals surface area contributed by atoms with Gasteiger partial charge in [0, 0.05) is 42.6 Å². The molecule has 5 aliphatic rings. The third-order valence-electron chi connectivity index (χ3n) is 8.48. The van der Waals surface area contributed by atoms with E-state index in [9.17, 15) is 9.32 Å². The molecule has 2 N–H and O–H groups in total. The molecule has 4 heterocycles. The van der Waals surface area contributed by atoms with E-state index in [4.69, 9.17) is 21.6 Å². The zero-order valence-corrected chi connectivity index (χ0v) is 19.9. The van der Waals surface area contributed by atoms with E-state index in [1.807, 2.05) is 0 Å². The molecule has 2 aromatic heterocycles. The van der Waals surface area contributed by atoms with Crippen molar-refractivity contribution in [3.8, 4) is 0 Å². The standard InChI is InChI=1S/C23H27ClN6O2S/c24-15-7-25-20(26-8-15)12-4-13-9-30(10-14(13)5-12)22-27-18-16-6-17(16)33(32)19(18)21(28-22)29-23(11-31)2-1-3-23/h7-8,12-14,16-17,31H,1-6,9-11H2,(H,27,28,29). The van der Waals surface area contributed by atoms with Crippen LogP contribution < -0.4 is 10.2 Å². The average molecular weight is 487 g/mol. The molecule has 4 fully saturated rings. The number of fused-ring (bicyclic) bond motifs is 4. The minimum absolute atomic E-state index is 0.0720. The molecule has 0 radical (unpaired) electrons. The maximum Gasteiger partial charge on any atom is 0.227 e. The fraction of sp³-hybridized carbons (Fsp3) is 0.652. The van der Waals surface area contributed by atoms with Gasteiger partial charge in [-0.25, -0.2) is 15.0 Å². The van der Waals surface area contributed by atoms with E-state index in [2.05, 4.69) is 20.2 Å². The molecule has 5 atom stereocenters. The fourth-order valence-corrected chi connectivity index (χ4v) is 8.26. The van der Waals surface area contributed by atoms with E-state index in [0.29, 0.717) is 34.5 Å². The maximum atomic E-state index is 13.0. The van der Waals surface area contributed by atoms with Crippen molar-refractivity contribution in [2.75, 3.05) is 29.9 Å².